The zero-order chi connectivity index (χ0) is 17.7. The Balaban J connectivity index is 1.72. The Labute approximate surface area is 157 Å². The van der Waals surface area contributed by atoms with Crippen molar-refractivity contribution in [1.82, 2.24) is 5.32 Å². The maximum absolute atomic E-state index is 12.4. The monoisotopic (exact) mass is 378 g/mol. The third-order valence-corrected chi connectivity index (χ3v) is 7.42. The van der Waals surface area contributed by atoms with Crippen LogP contribution >= 0.6 is 23.4 Å². The molecule has 25 heavy (non-hydrogen) atoms. The van der Waals surface area contributed by atoms with Crippen LogP contribution in [0.4, 0.5) is 0 Å². The molecule has 0 bridgehead atoms. The zero-order valence-electron chi connectivity index (χ0n) is 14.0. The molecule has 2 fully saturated rings. The van der Waals surface area contributed by atoms with E-state index in [1.165, 1.54) is 0 Å². The molecule has 6 heteroatoms. The van der Waals surface area contributed by atoms with Crippen molar-refractivity contribution in [3.63, 3.8) is 0 Å². The van der Waals surface area contributed by atoms with Crippen molar-refractivity contribution in [1.29, 1.82) is 0 Å². The molecule has 1 aliphatic carbocycles. The van der Waals surface area contributed by atoms with E-state index < -0.39 is 6.10 Å². The van der Waals surface area contributed by atoms with E-state index >= 15 is 0 Å². The highest BCUT2D eigenvalue weighted by molar-refractivity contribution is 8.03. The van der Waals surface area contributed by atoms with Gasteiger partial charge in [-0.15, -0.1) is 23.4 Å². The second-order valence-corrected chi connectivity index (χ2v) is 8.99. The summed E-state index contributed by atoms with van der Waals surface area (Å²) in [5, 5.41) is 15.6. The minimum atomic E-state index is -0.514. The number of alkyl halides is 1. The largest absolute Gasteiger partial charge is 0.392 e. The van der Waals surface area contributed by atoms with Crippen LogP contribution < -0.4 is 11.1 Å². The number of benzene rings is 1. The van der Waals surface area contributed by atoms with Gasteiger partial charge < -0.3 is 16.2 Å². The number of piperidine rings is 1. The summed E-state index contributed by atoms with van der Waals surface area (Å²) >= 11 is 8.10. The first-order valence-corrected chi connectivity index (χ1v) is 10.2. The number of hydrogen-bond donors (Lipinski definition) is 3. The van der Waals surface area contributed by atoms with Crippen LogP contribution in [0.1, 0.15) is 36.4 Å². The predicted molar refractivity (Wildman–Crippen MR) is 101 cm³/mol. The standard InChI is InChI=1S/C19H23ClN2O2S/c1-9(21)10-2-4-11(5-3-10)15-14(23)8-13(20)17-16(15)12-6-7-25-18(12)19(24)22-17/h2-7,9,12-18,23H,8,21H2,1H3,(H,22,24). The van der Waals surface area contributed by atoms with Crippen LogP contribution in [0.3, 0.4) is 0 Å². The molecule has 2 heterocycles. The highest BCUT2D eigenvalue weighted by Crippen LogP contribution is 2.51. The first kappa shape index (κ1) is 17.4. The summed E-state index contributed by atoms with van der Waals surface area (Å²) in [6.07, 6.45) is 2.09. The third-order valence-electron chi connectivity index (χ3n) is 5.83. The molecule has 4 rings (SSSR count). The van der Waals surface area contributed by atoms with E-state index in [1.54, 1.807) is 11.8 Å². The number of halogens is 1. The van der Waals surface area contributed by atoms with Gasteiger partial charge in [0.2, 0.25) is 5.91 Å². The van der Waals surface area contributed by atoms with E-state index in [4.69, 9.17) is 17.3 Å². The molecule has 4 nitrogen and oxygen atoms in total. The quantitative estimate of drug-likeness (QED) is 0.691. The van der Waals surface area contributed by atoms with E-state index in [9.17, 15) is 9.90 Å². The van der Waals surface area contributed by atoms with Crippen molar-refractivity contribution >= 4 is 29.3 Å². The summed E-state index contributed by atoms with van der Waals surface area (Å²) in [5.74, 6) is 0.229. The predicted octanol–water partition coefficient (Wildman–Crippen LogP) is 2.52. The Morgan fingerprint density at radius 2 is 2.08 bits per heavy atom. The van der Waals surface area contributed by atoms with Crippen molar-refractivity contribution in [3.8, 4) is 0 Å². The Hall–Kier alpha value is -1.01. The van der Waals surface area contributed by atoms with Gasteiger partial charge in [0.25, 0.3) is 0 Å². The molecule has 3 aliphatic rings. The SMILES string of the molecule is CC(N)c1ccc(C2C(O)CC(Cl)C3NC(=O)C4SC=CC4C32)cc1. The third kappa shape index (κ3) is 2.91. The number of fused-ring (bicyclic) bond motifs is 3. The highest BCUT2D eigenvalue weighted by Gasteiger charge is 2.54. The van der Waals surface area contributed by atoms with E-state index in [2.05, 4.69) is 23.5 Å². The molecule has 0 aromatic heterocycles. The average Bonchev–Trinajstić information content (AvgIpc) is 3.07. The molecule has 1 saturated carbocycles. The minimum Gasteiger partial charge on any atom is -0.392 e. The summed E-state index contributed by atoms with van der Waals surface area (Å²) in [4.78, 5) is 12.4. The van der Waals surface area contributed by atoms with Crippen molar-refractivity contribution in [3.05, 3.63) is 46.9 Å². The summed E-state index contributed by atoms with van der Waals surface area (Å²) in [6, 6.07) is 8.07. The number of carbonyl (C=O) groups is 1. The van der Waals surface area contributed by atoms with Gasteiger partial charge in [-0.05, 0) is 35.8 Å². The molecule has 1 aromatic carbocycles. The van der Waals surface area contributed by atoms with E-state index in [0.29, 0.717) is 6.42 Å². The normalized spacial score (nSPS) is 41.0. The second-order valence-electron chi connectivity index (χ2n) is 7.37. The smallest absolute Gasteiger partial charge is 0.234 e. The van der Waals surface area contributed by atoms with E-state index in [0.717, 1.165) is 11.1 Å². The summed E-state index contributed by atoms with van der Waals surface area (Å²) in [6.45, 7) is 1.96. The Bertz CT molecular complexity index is 693. The fourth-order valence-electron chi connectivity index (χ4n) is 4.60. The Kier molecular flexibility index (Phi) is 4.61. The lowest BCUT2D eigenvalue weighted by Crippen LogP contribution is -2.63. The van der Waals surface area contributed by atoms with Gasteiger partial charge in [-0.2, -0.15) is 0 Å². The number of aliphatic hydroxyl groups excluding tert-OH is 1. The molecular weight excluding hydrogens is 356 g/mol. The Morgan fingerprint density at radius 1 is 1.36 bits per heavy atom. The molecule has 0 radical (unpaired) electrons. The van der Waals surface area contributed by atoms with Gasteiger partial charge in [0.05, 0.1) is 16.7 Å². The fourth-order valence-corrected chi connectivity index (χ4v) is 6.10. The first-order valence-electron chi connectivity index (χ1n) is 8.77. The molecule has 1 saturated heterocycles. The van der Waals surface area contributed by atoms with Crippen LogP contribution in [0.5, 0.6) is 0 Å². The van der Waals surface area contributed by atoms with Gasteiger partial charge in [0.15, 0.2) is 0 Å². The van der Waals surface area contributed by atoms with Crippen molar-refractivity contribution in [2.45, 2.75) is 48.1 Å². The molecule has 1 amide bonds. The van der Waals surface area contributed by atoms with Crippen molar-refractivity contribution in [2.75, 3.05) is 0 Å². The molecule has 1 aromatic rings. The number of nitrogens with two attached hydrogens (primary N) is 1. The molecule has 0 spiro atoms. The highest BCUT2D eigenvalue weighted by atomic mass is 35.5. The number of aliphatic hydroxyl groups is 1. The van der Waals surface area contributed by atoms with Crippen molar-refractivity contribution in [2.24, 2.45) is 17.6 Å². The maximum Gasteiger partial charge on any atom is 0.234 e. The maximum atomic E-state index is 12.4. The lowest BCUT2D eigenvalue weighted by molar-refractivity contribution is -0.126. The van der Waals surface area contributed by atoms with Gasteiger partial charge in [0, 0.05) is 23.9 Å². The van der Waals surface area contributed by atoms with Crippen molar-refractivity contribution < 1.29 is 9.90 Å². The lowest BCUT2D eigenvalue weighted by Gasteiger charge is -2.50. The average molecular weight is 379 g/mol. The first-order chi connectivity index (χ1) is 12.0. The summed E-state index contributed by atoms with van der Waals surface area (Å²) < 4.78 is 0. The fraction of sp³-hybridized carbons (Fsp3) is 0.526. The number of allylic oxidation sites excluding steroid dienone is 1. The number of amides is 1. The molecule has 4 N–H and O–H groups in total. The Morgan fingerprint density at radius 3 is 2.76 bits per heavy atom. The zero-order valence-corrected chi connectivity index (χ0v) is 15.6. The summed E-state index contributed by atoms with van der Waals surface area (Å²) in [5.41, 5.74) is 8.12. The van der Waals surface area contributed by atoms with Crippen LogP contribution in [0, 0.1) is 11.8 Å². The summed E-state index contributed by atoms with van der Waals surface area (Å²) in [7, 11) is 0. The second kappa shape index (κ2) is 6.62. The molecule has 8 unspecified atom stereocenters. The number of thioether (sulfide) groups is 1. The van der Waals surface area contributed by atoms with Gasteiger partial charge in [-0.1, -0.05) is 30.3 Å². The molecule has 134 valence electrons. The molecule has 2 aliphatic heterocycles. The number of carbonyl (C=O) groups excluding carboxylic acids is 1. The van der Waals surface area contributed by atoms with E-state index in [1.807, 2.05) is 24.5 Å². The van der Waals surface area contributed by atoms with Gasteiger partial charge in [0.1, 0.15) is 0 Å². The molecule has 8 atom stereocenters. The lowest BCUT2D eigenvalue weighted by atomic mass is 9.63. The van der Waals surface area contributed by atoms with Gasteiger partial charge in [-0.25, -0.2) is 0 Å². The van der Waals surface area contributed by atoms with Gasteiger partial charge >= 0.3 is 0 Å². The molecular formula is C19H23ClN2O2S. The van der Waals surface area contributed by atoms with Gasteiger partial charge in [-0.3, -0.25) is 4.79 Å². The van der Waals surface area contributed by atoms with Crippen LogP contribution in [0.25, 0.3) is 0 Å². The number of hydrogen-bond acceptors (Lipinski definition) is 4. The number of nitrogens with one attached hydrogen (secondary N) is 1. The van der Waals surface area contributed by atoms with Crippen LogP contribution in [0.2, 0.25) is 0 Å². The van der Waals surface area contributed by atoms with E-state index in [-0.39, 0.29) is 46.4 Å². The van der Waals surface area contributed by atoms with Crippen LogP contribution in [-0.2, 0) is 4.79 Å². The topological polar surface area (TPSA) is 75.3 Å². The van der Waals surface area contributed by atoms with Crippen LogP contribution in [0.15, 0.2) is 35.7 Å². The van der Waals surface area contributed by atoms with Crippen LogP contribution in [-0.4, -0.2) is 33.8 Å². The number of rotatable bonds is 2. The minimum absolute atomic E-state index is 0.0159.